The lowest BCUT2D eigenvalue weighted by molar-refractivity contribution is 0.0253. The maximum absolute atomic E-state index is 13.0. The van der Waals surface area contributed by atoms with Crippen molar-refractivity contribution < 1.29 is 8.78 Å². The van der Waals surface area contributed by atoms with Crippen LogP contribution in [0, 0.1) is 0 Å². The summed E-state index contributed by atoms with van der Waals surface area (Å²) in [6.07, 6.45) is 0. The smallest absolute Gasteiger partial charge is 0.276 e. The summed E-state index contributed by atoms with van der Waals surface area (Å²) in [6, 6.07) is 8.56. The average Bonchev–Trinajstić information content (AvgIpc) is 2.37. The second-order valence-electron chi connectivity index (χ2n) is 4.01. The van der Waals surface area contributed by atoms with E-state index in [4.69, 9.17) is 5.73 Å². The van der Waals surface area contributed by atoms with Crippen LogP contribution in [0.1, 0.15) is 0 Å². The third-order valence-electron chi connectivity index (χ3n) is 2.59. The van der Waals surface area contributed by atoms with Gasteiger partial charge in [0, 0.05) is 5.39 Å². The maximum atomic E-state index is 13.0. The summed E-state index contributed by atoms with van der Waals surface area (Å²) < 4.78 is 25.9. The van der Waals surface area contributed by atoms with Gasteiger partial charge < -0.3 is 16.0 Å². The minimum Gasteiger partial charge on any atom is -0.365 e. The van der Waals surface area contributed by atoms with Crippen LogP contribution in [-0.2, 0) is 0 Å². The Labute approximate surface area is 102 Å². The molecule has 0 saturated heterocycles. The molecule has 4 N–H and O–H groups in total. The van der Waals surface area contributed by atoms with E-state index >= 15 is 0 Å². The fourth-order valence-electron chi connectivity index (χ4n) is 1.60. The van der Waals surface area contributed by atoms with E-state index in [1.54, 1.807) is 30.3 Å². The van der Waals surface area contributed by atoms with Crippen LogP contribution in [0.2, 0.25) is 0 Å². The fourth-order valence-corrected chi connectivity index (χ4v) is 1.60. The first-order valence-corrected chi connectivity index (χ1v) is 5.46. The van der Waals surface area contributed by atoms with Crippen molar-refractivity contribution in [3.63, 3.8) is 0 Å². The third kappa shape index (κ3) is 2.65. The SMILES string of the molecule is NCC(F)(F)CNc1cc2ccccc2c(=O)[nH]1. The van der Waals surface area contributed by atoms with E-state index in [0.29, 0.717) is 10.8 Å². The molecule has 1 aromatic heterocycles. The summed E-state index contributed by atoms with van der Waals surface area (Å²) in [6.45, 7) is -1.35. The highest BCUT2D eigenvalue weighted by Gasteiger charge is 2.26. The normalized spacial score (nSPS) is 11.7. The van der Waals surface area contributed by atoms with Crippen LogP contribution in [0.4, 0.5) is 14.6 Å². The Hall–Kier alpha value is -1.95. The number of anilines is 1. The standard InChI is InChI=1S/C12H13F2N3O/c13-12(14,6-15)7-16-10-5-8-3-1-2-4-9(8)11(18)17-10/h1-5H,6-7,15H2,(H2,16,17,18). The Morgan fingerprint density at radius 3 is 2.78 bits per heavy atom. The lowest BCUT2D eigenvalue weighted by Crippen LogP contribution is -2.35. The number of pyridine rings is 1. The summed E-state index contributed by atoms with van der Waals surface area (Å²) in [7, 11) is 0. The summed E-state index contributed by atoms with van der Waals surface area (Å²) in [5.74, 6) is -2.74. The molecule has 96 valence electrons. The second kappa shape index (κ2) is 4.73. The molecule has 18 heavy (non-hydrogen) atoms. The van der Waals surface area contributed by atoms with Gasteiger partial charge in [0.05, 0.1) is 13.1 Å². The highest BCUT2D eigenvalue weighted by molar-refractivity contribution is 5.83. The van der Waals surface area contributed by atoms with Gasteiger partial charge in [0.15, 0.2) is 0 Å². The average molecular weight is 253 g/mol. The van der Waals surface area contributed by atoms with E-state index in [2.05, 4.69) is 10.3 Å². The van der Waals surface area contributed by atoms with Crippen LogP contribution >= 0.6 is 0 Å². The maximum Gasteiger partial charge on any atom is 0.276 e. The molecular weight excluding hydrogens is 240 g/mol. The number of benzene rings is 1. The Bertz CT molecular complexity index is 610. The number of halogens is 2. The van der Waals surface area contributed by atoms with E-state index in [1.807, 2.05) is 0 Å². The third-order valence-corrected chi connectivity index (χ3v) is 2.59. The van der Waals surface area contributed by atoms with Crippen LogP contribution in [0.25, 0.3) is 10.8 Å². The zero-order chi connectivity index (χ0) is 13.2. The van der Waals surface area contributed by atoms with Gasteiger partial charge >= 0.3 is 0 Å². The van der Waals surface area contributed by atoms with Crippen molar-refractivity contribution in [1.29, 1.82) is 0 Å². The molecule has 0 fully saturated rings. The molecule has 4 nitrogen and oxygen atoms in total. The molecule has 0 bridgehead atoms. The Morgan fingerprint density at radius 2 is 2.06 bits per heavy atom. The highest BCUT2D eigenvalue weighted by Crippen LogP contribution is 2.15. The first-order valence-electron chi connectivity index (χ1n) is 5.46. The molecule has 0 aliphatic heterocycles. The zero-order valence-electron chi connectivity index (χ0n) is 9.54. The zero-order valence-corrected chi connectivity index (χ0v) is 9.54. The van der Waals surface area contributed by atoms with Crippen LogP contribution in [0.3, 0.4) is 0 Å². The van der Waals surface area contributed by atoms with E-state index < -0.39 is 19.0 Å². The topological polar surface area (TPSA) is 70.9 Å². The number of rotatable bonds is 4. The Morgan fingerprint density at radius 1 is 1.33 bits per heavy atom. The number of aromatic amines is 1. The number of hydrogen-bond acceptors (Lipinski definition) is 3. The summed E-state index contributed by atoms with van der Waals surface area (Å²) in [5.41, 5.74) is 4.62. The first kappa shape index (κ1) is 12.5. The molecule has 0 atom stereocenters. The van der Waals surface area contributed by atoms with Crippen molar-refractivity contribution in [3.05, 3.63) is 40.7 Å². The van der Waals surface area contributed by atoms with Crippen molar-refractivity contribution in [1.82, 2.24) is 4.98 Å². The van der Waals surface area contributed by atoms with Crippen molar-refractivity contribution in [2.24, 2.45) is 5.73 Å². The molecule has 2 rings (SSSR count). The minimum absolute atomic E-state index is 0.256. The number of aromatic nitrogens is 1. The van der Waals surface area contributed by atoms with Gasteiger partial charge in [0.2, 0.25) is 0 Å². The van der Waals surface area contributed by atoms with Gasteiger partial charge in [-0.3, -0.25) is 4.79 Å². The van der Waals surface area contributed by atoms with Crippen LogP contribution in [-0.4, -0.2) is 24.0 Å². The summed E-state index contributed by atoms with van der Waals surface area (Å²) in [5, 5.41) is 3.70. The number of H-pyrrole nitrogens is 1. The molecule has 0 spiro atoms. The number of nitrogens with one attached hydrogen (secondary N) is 2. The van der Waals surface area contributed by atoms with E-state index in [-0.39, 0.29) is 11.4 Å². The summed E-state index contributed by atoms with van der Waals surface area (Å²) >= 11 is 0. The molecule has 0 saturated carbocycles. The lowest BCUT2D eigenvalue weighted by atomic mass is 10.2. The number of nitrogens with two attached hydrogens (primary N) is 1. The lowest BCUT2D eigenvalue weighted by Gasteiger charge is -2.15. The molecule has 0 aliphatic carbocycles. The van der Waals surface area contributed by atoms with Gasteiger partial charge in [-0.2, -0.15) is 0 Å². The molecule has 2 aromatic rings. The fraction of sp³-hybridized carbons (Fsp3) is 0.250. The van der Waals surface area contributed by atoms with Crippen molar-refractivity contribution >= 4 is 16.6 Å². The van der Waals surface area contributed by atoms with Gasteiger partial charge in [0.25, 0.3) is 11.5 Å². The first-order chi connectivity index (χ1) is 8.52. The molecule has 1 aromatic carbocycles. The molecule has 0 radical (unpaired) electrons. The van der Waals surface area contributed by atoms with Crippen molar-refractivity contribution in [3.8, 4) is 0 Å². The van der Waals surface area contributed by atoms with E-state index in [0.717, 1.165) is 0 Å². The van der Waals surface area contributed by atoms with Gasteiger partial charge in [0.1, 0.15) is 5.82 Å². The molecule has 1 heterocycles. The molecule has 0 aliphatic rings. The quantitative estimate of drug-likeness (QED) is 0.774. The van der Waals surface area contributed by atoms with Crippen molar-refractivity contribution in [2.75, 3.05) is 18.4 Å². The van der Waals surface area contributed by atoms with Gasteiger partial charge in [-0.1, -0.05) is 18.2 Å². The van der Waals surface area contributed by atoms with E-state index in [9.17, 15) is 13.6 Å². The predicted octanol–water partition coefficient (Wildman–Crippen LogP) is 1.53. The van der Waals surface area contributed by atoms with Gasteiger partial charge in [-0.25, -0.2) is 8.78 Å². The Kier molecular flexibility index (Phi) is 3.29. The number of hydrogen-bond donors (Lipinski definition) is 3. The Balaban J connectivity index is 2.28. The van der Waals surface area contributed by atoms with Gasteiger partial charge in [-0.15, -0.1) is 0 Å². The predicted molar refractivity (Wildman–Crippen MR) is 67.1 cm³/mol. The van der Waals surface area contributed by atoms with Crippen LogP contribution < -0.4 is 16.6 Å². The molecule has 0 unspecified atom stereocenters. The highest BCUT2D eigenvalue weighted by atomic mass is 19.3. The number of fused-ring (bicyclic) bond motifs is 1. The monoisotopic (exact) mass is 253 g/mol. The summed E-state index contributed by atoms with van der Waals surface area (Å²) in [4.78, 5) is 14.2. The van der Waals surface area contributed by atoms with E-state index in [1.165, 1.54) is 0 Å². The largest absolute Gasteiger partial charge is 0.365 e. The van der Waals surface area contributed by atoms with Gasteiger partial charge in [-0.05, 0) is 17.5 Å². The molecule has 6 heteroatoms. The second-order valence-corrected chi connectivity index (χ2v) is 4.01. The molecule has 0 amide bonds. The van der Waals surface area contributed by atoms with Crippen LogP contribution in [0.5, 0.6) is 0 Å². The molecular formula is C12H13F2N3O. The number of alkyl halides is 2. The van der Waals surface area contributed by atoms with Crippen molar-refractivity contribution in [2.45, 2.75) is 5.92 Å². The van der Waals surface area contributed by atoms with Crippen LogP contribution in [0.15, 0.2) is 35.1 Å². The minimum atomic E-state index is -3.00.